The zero-order valence-corrected chi connectivity index (χ0v) is 8.27. The minimum absolute atomic E-state index is 0.449. The van der Waals surface area contributed by atoms with Crippen molar-refractivity contribution in [3.05, 3.63) is 27.7 Å². The van der Waals surface area contributed by atoms with Crippen molar-refractivity contribution in [3.8, 4) is 5.75 Å². The highest BCUT2D eigenvalue weighted by atomic mass is 35.5. The van der Waals surface area contributed by atoms with Gasteiger partial charge in [0.05, 0.1) is 22.8 Å². The van der Waals surface area contributed by atoms with Crippen LogP contribution in [0.25, 0.3) is 0 Å². The van der Waals surface area contributed by atoms with Crippen molar-refractivity contribution in [1.29, 1.82) is 0 Å². The van der Waals surface area contributed by atoms with E-state index in [1.807, 2.05) is 0 Å². The fourth-order valence-electron chi connectivity index (χ4n) is 1.37. The highest BCUT2D eigenvalue weighted by Gasteiger charge is 2.20. The Bertz CT molecular complexity index is 339. The third kappa shape index (κ3) is 1.62. The van der Waals surface area contributed by atoms with Crippen LogP contribution < -0.4 is 4.74 Å². The van der Waals surface area contributed by atoms with Crippen LogP contribution in [0, 0.1) is 0 Å². The maximum absolute atomic E-state index is 9.59. The molecule has 0 saturated carbocycles. The summed E-state index contributed by atoms with van der Waals surface area (Å²) in [4.78, 5) is 0. The molecule has 1 aromatic rings. The molecule has 70 valence electrons. The van der Waals surface area contributed by atoms with Crippen LogP contribution in [-0.4, -0.2) is 11.7 Å². The standard InChI is InChI=1S/C9H8Cl2O2/c10-6-3-5-8(12)1-2-13-9(5)4-7(6)11/h3-4,8,12H,1-2H2. The Morgan fingerprint density at radius 1 is 1.31 bits per heavy atom. The van der Waals surface area contributed by atoms with Gasteiger partial charge in [-0.3, -0.25) is 0 Å². The summed E-state index contributed by atoms with van der Waals surface area (Å²) in [5.74, 6) is 0.633. The molecule has 1 aromatic carbocycles. The molecule has 1 heterocycles. The van der Waals surface area contributed by atoms with E-state index in [0.717, 1.165) is 5.56 Å². The van der Waals surface area contributed by atoms with Crippen molar-refractivity contribution in [2.45, 2.75) is 12.5 Å². The van der Waals surface area contributed by atoms with Gasteiger partial charge in [-0.15, -0.1) is 0 Å². The molecule has 2 rings (SSSR count). The minimum atomic E-state index is -0.487. The summed E-state index contributed by atoms with van der Waals surface area (Å²) in [6.45, 7) is 0.520. The predicted octanol–water partition coefficient (Wildman–Crippen LogP) is 2.81. The van der Waals surface area contributed by atoms with Gasteiger partial charge in [0.25, 0.3) is 0 Å². The van der Waals surface area contributed by atoms with E-state index >= 15 is 0 Å². The predicted molar refractivity (Wildman–Crippen MR) is 51.5 cm³/mol. The third-order valence-electron chi connectivity index (χ3n) is 2.06. The SMILES string of the molecule is OC1CCOc2cc(Cl)c(Cl)cc21. The largest absolute Gasteiger partial charge is 0.493 e. The van der Waals surface area contributed by atoms with Crippen molar-refractivity contribution in [3.63, 3.8) is 0 Å². The van der Waals surface area contributed by atoms with Gasteiger partial charge in [0.15, 0.2) is 0 Å². The number of hydrogen-bond donors (Lipinski definition) is 1. The molecule has 0 aromatic heterocycles. The fourth-order valence-corrected chi connectivity index (χ4v) is 1.69. The van der Waals surface area contributed by atoms with Crippen molar-refractivity contribution in [2.75, 3.05) is 6.61 Å². The number of fused-ring (bicyclic) bond motifs is 1. The molecule has 0 spiro atoms. The second kappa shape index (κ2) is 3.37. The normalized spacial score (nSPS) is 20.7. The van der Waals surface area contributed by atoms with Crippen LogP contribution in [0.4, 0.5) is 0 Å². The summed E-state index contributed by atoms with van der Waals surface area (Å²) < 4.78 is 5.33. The average molecular weight is 219 g/mol. The monoisotopic (exact) mass is 218 g/mol. The highest BCUT2D eigenvalue weighted by Crippen LogP contribution is 2.37. The van der Waals surface area contributed by atoms with Crippen LogP contribution in [0.2, 0.25) is 10.0 Å². The number of aliphatic hydroxyl groups excluding tert-OH is 1. The first kappa shape index (κ1) is 9.13. The molecule has 0 fully saturated rings. The van der Waals surface area contributed by atoms with Crippen LogP contribution in [0.3, 0.4) is 0 Å². The van der Waals surface area contributed by atoms with Crippen LogP contribution in [0.5, 0.6) is 5.75 Å². The van der Waals surface area contributed by atoms with Gasteiger partial charge in [0, 0.05) is 18.1 Å². The Balaban J connectivity index is 2.52. The number of ether oxygens (including phenoxy) is 1. The average Bonchev–Trinajstić information content (AvgIpc) is 2.09. The maximum Gasteiger partial charge on any atom is 0.126 e. The topological polar surface area (TPSA) is 29.5 Å². The van der Waals surface area contributed by atoms with Crippen molar-refractivity contribution >= 4 is 23.2 Å². The molecule has 0 amide bonds. The lowest BCUT2D eigenvalue weighted by molar-refractivity contribution is 0.115. The van der Waals surface area contributed by atoms with Crippen molar-refractivity contribution < 1.29 is 9.84 Å². The lowest BCUT2D eigenvalue weighted by Gasteiger charge is -2.22. The number of benzene rings is 1. The van der Waals surface area contributed by atoms with Crippen LogP contribution in [0.1, 0.15) is 18.1 Å². The number of rotatable bonds is 0. The molecule has 0 saturated heterocycles. The van der Waals surface area contributed by atoms with E-state index in [2.05, 4.69) is 0 Å². The molecular weight excluding hydrogens is 211 g/mol. The van der Waals surface area contributed by atoms with Gasteiger partial charge in [-0.1, -0.05) is 23.2 Å². The van der Waals surface area contributed by atoms with Gasteiger partial charge in [0.1, 0.15) is 5.75 Å². The van der Waals surface area contributed by atoms with E-state index in [9.17, 15) is 5.11 Å². The summed E-state index contributed by atoms with van der Waals surface area (Å²) in [6, 6.07) is 3.30. The first-order valence-corrected chi connectivity index (χ1v) is 4.74. The van der Waals surface area contributed by atoms with Crippen LogP contribution >= 0.6 is 23.2 Å². The molecule has 1 atom stereocenters. The zero-order valence-electron chi connectivity index (χ0n) is 6.76. The molecule has 1 aliphatic heterocycles. The minimum Gasteiger partial charge on any atom is -0.493 e. The molecule has 4 heteroatoms. The maximum atomic E-state index is 9.59. The Morgan fingerprint density at radius 3 is 2.77 bits per heavy atom. The van der Waals surface area contributed by atoms with Gasteiger partial charge in [-0.05, 0) is 6.07 Å². The molecule has 1 unspecified atom stereocenters. The Hall–Kier alpha value is -0.440. The quantitative estimate of drug-likeness (QED) is 0.726. The number of aliphatic hydroxyl groups is 1. The summed E-state index contributed by atoms with van der Waals surface area (Å²) in [5, 5.41) is 10.5. The molecule has 2 nitrogen and oxygen atoms in total. The Kier molecular flexibility index (Phi) is 2.37. The second-order valence-corrected chi connectivity index (χ2v) is 3.77. The van der Waals surface area contributed by atoms with E-state index in [1.54, 1.807) is 12.1 Å². The molecular formula is C9H8Cl2O2. The van der Waals surface area contributed by atoms with E-state index < -0.39 is 6.10 Å². The van der Waals surface area contributed by atoms with Gasteiger partial charge in [-0.25, -0.2) is 0 Å². The second-order valence-electron chi connectivity index (χ2n) is 2.96. The van der Waals surface area contributed by atoms with Gasteiger partial charge < -0.3 is 9.84 Å². The molecule has 1 aliphatic rings. The highest BCUT2D eigenvalue weighted by molar-refractivity contribution is 6.42. The summed E-state index contributed by atoms with van der Waals surface area (Å²) in [5.41, 5.74) is 0.723. The smallest absolute Gasteiger partial charge is 0.126 e. The summed E-state index contributed by atoms with van der Waals surface area (Å²) in [6.07, 6.45) is 0.115. The first-order valence-electron chi connectivity index (χ1n) is 3.98. The lowest BCUT2D eigenvalue weighted by atomic mass is 10.0. The number of hydrogen-bond acceptors (Lipinski definition) is 2. The fraction of sp³-hybridized carbons (Fsp3) is 0.333. The third-order valence-corrected chi connectivity index (χ3v) is 2.78. The Morgan fingerprint density at radius 2 is 2.00 bits per heavy atom. The number of halogens is 2. The molecule has 1 N–H and O–H groups in total. The van der Waals surface area contributed by atoms with E-state index in [4.69, 9.17) is 27.9 Å². The van der Waals surface area contributed by atoms with Gasteiger partial charge in [-0.2, -0.15) is 0 Å². The van der Waals surface area contributed by atoms with Crippen molar-refractivity contribution in [2.24, 2.45) is 0 Å². The van der Waals surface area contributed by atoms with E-state index in [0.29, 0.717) is 28.8 Å². The summed E-state index contributed by atoms with van der Waals surface area (Å²) in [7, 11) is 0. The van der Waals surface area contributed by atoms with Gasteiger partial charge >= 0.3 is 0 Å². The zero-order chi connectivity index (χ0) is 9.42. The molecule has 0 aliphatic carbocycles. The first-order chi connectivity index (χ1) is 6.18. The molecule has 0 bridgehead atoms. The van der Waals surface area contributed by atoms with Crippen LogP contribution in [0.15, 0.2) is 12.1 Å². The van der Waals surface area contributed by atoms with Crippen molar-refractivity contribution in [1.82, 2.24) is 0 Å². The van der Waals surface area contributed by atoms with E-state index in [-0.39, 0.29) is 0 Å². The molecule has 0 radical (unpaired) electrons. The van der Waals surface area contributed by atoms with Gasteiger partial charge in [0.2, 0.25) is 0 Å². The summed E-state index contributed by atoms with van der Waals surface area (Å²) >= 11 is 11.6. The Labute approximate surface area is 86.0 Å². The van der Waals surface area contributed by atoms with E-state index in [1.165, 1.54) is 0 Å². The van der Waals surface area contributed by atoms with Crippen LogP contribution in [-0.2, 0) is 0 Å². The molecule has 13 heavy (non-hydrogen) atoms. The lowest BCUT2D eigenvalue weighted by Crippen LogP contribution is -2.13.